The topological polar surface area (TPSA) is 70.0 Å². The van der Waals surface area contributed by atoms with Gasteiger partial charge in [-0.2, -0.15) is 5.26 Å². The molecule has 3 nitrogen and oxygen atoms in total. The first-order valence-corrected chi connectivity index (χ1v) is 3.83. The molecule has 0 amide bonds. The Balaban J connectivity index is 0.00000196. The number of nitriles is 1. The zero-order chi connectivity index (χ0) is 10.7. The molecule has 0 unspecified atom stereocenters. The lowest BCUT2D eigenvalue weighted by Crippen LogP contribution is -2.19. The molecule has 1 aromatic carbocycles. The molecule has 0 heterocycles. The fraction of sp³-hybridized carbons (Fsp3) is 0.222. The Bertz CT molecular complexity index is 379. The maximum atomic E-state index is 12.2. The highest BCUT2D eigenvalue weighted by atomic mass is 35.5. The zero-order valence-electron chi connectivity index (χ0n) is 7.52. The van der Waals surface area contributed by atoms with Gasteiger partial charge in [0.15, 0.2) is 0 Å². The first-order chi connectivity index (χ1) is 6.56. The van der Waals surface area contributed by atoms with Crippen molar-refractivity contribution in [1.82, 2.24) is 0 Å². The van der Waals surface area contributed by atoms with Crippen LogP contribution in [0.2, 0.25) is 0 Å². The third kappa shape index (κ3) is 3.05. The molecule has 0 saturated heterocycles. The molecule has 0 aliphatic heterocycles. The van der Waals surface area contributed by atoms with Crippen LogP contribution < -0.4 is 5.73 Å². The number of benzene rings is 1. The van der Waals surface area contributed by atoms with Crippen molar-refractivity contribution in [3.8, 4) is 11.8 Å². The summed E-state index contributed by atoms with van der Waals surface area (Å²) in [7, 11) is 0. The lowest BCUT2D eigenvalue weighted by Gasteiger charge is -2.12. The van der Waals surface area contributed by atoms with Crippen LogP contribution in [0.3, 0.4) is 0 Å². The Hall–Kier alpha value is -1.38. The van der Waals surface area contributed by atoms with Crippen LogP contribution in [0.5, 0.6) is 5.75 Å². The van der Waals surface area contributed by atoms with E-state index < -0.39 is 12.5 Å². The van der Waals surface area contributed by atoms with E-state index in [2.05, 4.69) is 0 Å². The number of nitrogens with zero attached hydrogens (tertiary/aromatic N) is 1. The van der Waals surface area contributed by atoms with Crippen molar-refractivity contribution in [2.75, 3.05) is 0 Å². The van der Waals surface area contributed by atoms with Crippen LogP contribution >= 0.6 is 12.4 Å². The van der Waals surface area contributed by atoms with Crippen LogP contribution in [0.15, 0.2) is 18.2 Å². The quantitative estimate of drug-likeness (QED) is 0.822. The Morgan fingerprint density at radius 3 is 2.47 bits per heavy atom. The van der Waals surface area contributed by atoms with Crippen LogP contribution in [-0.2, 0) is 0 Å². The molecule has 82 valence electrons. The van der Waals surface area contributed by atoms with Gasteiger partial charge >= 0.3 is 0 Å². The van der Waals surface area contributed by atoms with Crippen LogP contribution in [0, 0.1) is 11.3 Å². The number of hydrogen-bond acceptors (Lipinski definition) is 3. The van der Waals surface area contributed by atoms with E-state index in [0.29, 0.717) is 0 Å². The van der Waals surface area contributed by atoms with Gasteiger partial charge in [-0.1, -0.05) is 0 Å². The number of nitrogens with two attached hydrogens (primary N) is 1. The first-order valence-electron chi connectivity index (χ1n) is 3.83. The Labute approximate surface area is 91.5 Å². The Morgan fingerprint density at radius 2 is 2.00 bits per heavy atom. The first kappa shape index (κ1) is 13.6. The molecule has 0 aliphatic carbocycles. The van der Waals surface area contributed by atoms with E-state index in [9.17, 15) is 13.9 Å². The molecule has 6 heteroatoms. The standard InChI is InChI=1S/C9H8F2N2O.ClH/c10-9(11)8(13)6-3-5(4-12)1-2-7(6)14;/h1-3,8-9,14H,13H2;1H/t8-;/m0./s1. The second-order valence-electron chi connectivity index (χ2n) is 2.75. The van der Waals surface area contributed by atoms with Crippen molar-refractivity contribution in [3.63, 3.8) is 0 Å². The van der Waals surface area contributed by atoms with Crippen LogP contribution in [0.4, 0.5) is 8.78 Å². The number of aromatic hydroxyl groups is 1. The number of phenols is 1. The molecule has 1 rings (SSSR count). The maximum absolute atomic E-state index is 12.2. The molecule has 1 aromatic rings. The van der Waals surface area contributed by atoms with Crippen LogP contribution in [0.25, 0.3) is 0 Å². The highest BCUT2D eigenvalue weighted by Crippen LogP contribution is 2.27. The zero-order valence-corrected chi connectivity index (χ0v) is 8.34. The fourth-order valence-corrected chi connectivity index (χ4v) is 1.03. The van der Waals surface area contributed by atoms with Crippen molar-refractivity contribution < 1.29 is 13.9 Å². The summed E-state index contributed by atoms with van der Waals surface area (Å²) in [5.74, 6) is -0.322. The molecule has 1 atom stereocenters. The molecule has 3 N–H and O–H groups in total. The third-order valence-corrected chi connectivity index (χ3v) is 1.79. The van der Waals surface area contributed by atoms with Gasteiger partial charge in [-0.3, -0.25) is 0 Å². The summed E-state index contributed by atoms with van der Waals surface area (Å²) < 4.78 is 24.4. The second kappa shape index (κ2) is 5.49. The number of phenolic OH excluding ortho intramolecular Hbond substituents is 1. The predicted molar refractivity (Wildman–Crippen MR) is 53.0 cm³/mol. The van der Waals surface area contributed by atoms with E-state index in [-0.39, 0.29) is 29.3 Å². The molecular weight excluding hydrogens is 226 g/mol. The van der Waals surface area contributed by atoms with Crippen molar-refractivity contribution in [2.45, 2.75) is 12.5 Å². The molecule has 0 bridgehead atoms. The summed E-state index contributed by atoms with van der Waals surface area (Å²) in [6.45, 7) is 0. The third-order valence-electron chi connectivity index (χ3n) is 1.79. The summed E-state index contributed by atoms with van der Waals surface area (Å²) in [6.07, 6.45) is -2.77. The van der Waals surface area contributed by atoms with E-state index in [1.807, 2.05) is 0 Å². The minimum Gasteiger partial charge on any atom is -0.508 e. The smallest absolute Gasteiger partial charge is 0.257 e. The van der Waals surface area contributed by atoms with Gasteiger partial charge in [0.05, 0.1) is 17.7 Å². The predicted octanol–water partition coefficient (Wildman–Crippen LogP) is 1.95. The summed E-state index contributed by atoms with van der Waals surface area (Å²) in [4.78, 5) is 0. The van der Waals surface area contributed by atoms with Gasteiger partial charge in [0.2, 0.25) is 0 Å². The van der Waals surface area contributed by atoms with E-state index in [4.69, 9.17) is 11.0 Å². The van der Waals surface area contributed by atoms with Gasteiger partial charge < -0.3 is 10.8 Å². The van der Waals surface area contributed by atoms with E-state index in [1.165, 1.54) is 12.1 Å². The minimum absolute atomic E-state index is 0. The van der Waals surface area contributed by atoms with Gasteiger partial charge in [0.1, 0.15) is 5.75 Å². The van der Waals surface area contributed by atoms with Gasteiger partial charge in [0, 0.05) is 5.56 Å². The number of hydrogen-bond donors (Lipinski definition) is 2. The Kier molecular flexibility index (Phi) is 4.98. The van der Waals surface area contributed by atoms with Crippen molar-refractivity contribution in [3.05, 3.63) is 29.3 Å². The van der Waals surface area contributed by atoms with Gasteiger partial charge in [-0.05, 0) is 18.2 Å². The summed E-state index contributed by atoms with van der Waals surface area (Å²) >= 11 is 0. The molecule has 0 aliphatic rings. The molecule has 0 radical (unpaired) electrons. The highest BCUT2D eigenvalue weighted by molar-refractivity contribution is 5.85. The lowest BCUT2D eigenvalue weighted by molar-refractivity contribution is 0.115. The van der Waals surface area contributed by atoms with Crippen LogP contribution in [-0.4, -0.2) is 11.5 Å². The average molecular weight is 235 g/mol. The van der Waals surface area contributed by atoms with Gasteiger partial charge in [-0.25, -0.2) is 8.78 Å². The van der Waals surface area contributed by atoms with Gasteiger partial charge in [-0.15, -0.1) is 12.4 Å². The lowest BCUT2D eigenvalue weighted by atomic mass is 10.0. The molecule has 0 aromatic heterocycles. The number of rotatable bonds is 2. The average Bonchev–Trinajstić information content (AvgIpc) is 2.17. The second-order valence-corrected chi connectivity index (χ2v) is 2.75. The molecule has 0 fully saturated rings. The monoisotopic (exact) mass is 234 g/mol. The summed E-state index contributed by atoms with van der Waals surface area (Å²) in [5.41, 5.74) is 5.22. The van der Waals surface area contributed by atoms with E-state index in [1.54, 1.807) is 6.07 Å². The molecule has 0 saturated carbocycles. The van der Waals surface area contributed by atoms with Crippen LogP contribution in [0.1, 0.15) is 17.2 Å². The molecule has 15 heavy (non-hydrogen) atoms. The normalized spacial score (nSPS) is 11.7. The summed E-state index contributed by atoms with van der Waals surface area (Å²) in [6, 6.07) is 3.88. The largest absolute Gasteiger partial charge is 0.508 e. The maximum Gasteiger partial charge on any atom is 0.257 e. The van der Waals surface area contributed by atoms with Crippen molar-refractivity contribution in [1.29, 1.82) is 5.26 Å². The van der Waals surface area contributed by atoms with E-state index in [0.717, 1.165) is 6.07 Å². The van der Waals surface area contributed by atoms with Crippen molar-refractivity contribution in [2.24, 2.45) is 5.73 Å². The highest BCUT2D eigenvalue weighted by Gasteiger charge is 2.20. The number of halogens is 3. The number of alkyl halides is 2. The fourth-order valence-electron chi connectivity index (χ4n) is 1.03. The molecule has 0 spiro atoms. The SMILES string of the molecule is Cl.N#Cc1ccc(O)c([C@H](N)C(F)F)c1. The van der Waals surface area contributed by atoms with Gasteiger partial charge in [0.25, 0.3) is 6.43 Å². The Morgan fingerprint density at radius 1 is 1.40 bits per heavy atom. The summed E-state index contributed by atoms with van der Waals surface area (Å²) in [5, 5.41) is 17.7. The van der Waals surface area contributed by atoms with E-state index >= 15 is 0 Å². The minimum atomic E-state index is -2.77. The molecular formula is C9H9ClF2N2O. The van der Waals surface area contributed by atoms with Crippen molar-refractivity contribution >= 4 is 12.4 Å².